The SMILES string of the molecule is CN(C)c1ncccc1NC(=O)[C@@H]1CC=CC[C@@H]1C(=O)O. The normalized spacial score (nSPS) is 20.9. The third kappa shape index (κ3) is 3.39. The van der Waals surface area contributed by atoms with Gasteiger partial charge in [-0.3, -0.25) is 9.59 Å². The Morgan fingerprint density at radius 3 is 2.57 bits per heavy atom. The number of carboxylic acids is 1. The lowest BCUT2D eigenvalue weighted by atomic mass is 9.82. The Bertz CT molecular complexity index is 569. The number of carboxylic acid groups (broad SMARTS) is 1. The lowest BCUT2D eigenvalue weighted by Crippen LogP contribution is -2.35. The average Bonchev–Trinajstić information content (AvgIpc) is 2.47. The number of pyridine rings is 1. The van der Waals surface area contributed by atoms with E-state index in [0.29, 0.717) is 24.3 Å². The van der Waals surface area contributed by atoms with Gasteiger partial charge in [0.05, 0.1) is 17.5 Å². The highest BCUT2D eigenvalue weighted by Crippen LogP contribution is 2.28. The van der Waals surface area contributed by atoms with Crippen molar-refractivity contribution in [1.29, 1.82) is 0 Å². The minimum atomic E-state index is -0.932. The van der Waals surface area contributed by atoms with E-state index >= 15 is 0 Å². The predicted octanol–water partition coefficient (Wildman–Crippen LogP) is 1.75. The number of nitrogens with zero attached hydrogens (tertiary/aromatic N) is 2. The lowest BCUT2D eigenvalue weighted by Gasteiger charge is -2.25. The molecule has 1 aromatic rings. The molecule has 0 aliphatic heterocycles. The van der Waals surface area contributed by atoms with Crippen LogP contribution in [0.5, 0.6) is 0 Å². The van der Waals surface area contributed by atoms with Crippen LogP contribution in [-0.2, 0) is 9.59 Å². The van der Waals surface area contributed by atoms with Crippen LogP contribution in [0, 0.1) is 11.8 Å². The molecule has 112 valence electrons. The second kappa shape index (κ2) is 6.39. The van der Waals surface area contributed by atoms with E-state index in [1.807, 2.05) is 26.2 Å². The maximum Gasteiger partial charge on any atom is 0.307 e. The Hall–Kier alpha value is -2.37. The second-order valence-electron chi connectivity index (χ2n) is 5.25. The fourth-order valence-corrected chi connectivity index (χ4v) is 2.45. The first-order valence-electron chi connectivity index (χ1n) is 6.81. The molecule has 6 heteroatoms. The number of aromatic nitrogens is 1. The van der Waals surface area contributed by atoms with E-state index in [1.165, 1.54) is 0 Å². The zero-order valence-electron chi connectivity index (χ0n) is 12.1. The molecule has 1 aliphatic rings. The number of nitrogens with one attached hydrogen (secondary N) is 1. The lowest BCUT2D eigenvalue weighted by molar-refractivity contribution is -0.146. The van der Waals surface area contributed by atoms with Crippen LogP contribution in [0.1, 0.15) is 12.8 Å². The Morgan fingerprint density at radius 1 is 1.29 bits per heavy atom. The Kier molecular flexibility index (Phi) is 4.57. The van der Waals surface area contributed by atoms with Crippen molar-refractivity contribution in [3.8, 4) is 0 Å². The summed E-state index contributed by atoms with van der Waals surface area (Å²) in [6.45, 7) is 0. The second-order valence-corrected chi connectivity index (χ2v) is 5.25. The zero-order chi connectivity index (χ0) is 15.4. The number of allylic oxidation sites excluding steroid dienone is 2. The highest BCUT2D eigenvalue weighted by Gasteiger charge is 2.34. The highest BCUT2D eigenvalue weighted by molar-refractivity contribution is 5.97. The number of amides is 1. The number of rotatable bonds is 4. The quantitative estimate of drug-likeness (QED) is 0.825. The Balaban J connectivity index is 2.18. The zero-order valence-corrected chi connectivity index (χ0v) is 12.1. The van der Waals surface area contributed by atoms with Crippen LogP contribution in [0.15, 0.2) is 30.5 Å². The van der Waals surface area contributed by atoms with Gasteiger partial charge in [-0.05, 0) is 25.0 Å². The summed E-state index contributed by atoms with van der Waals surface area (Å²) in [5.74, 6) is -1.79. The molecule has 0 spiro atoms. The molecule has 2 N–H and O–H groups in total. The molecule has 1 aromatic heterocycles. The van der Waals surface area contributed by atoms with Crippen LogP contribution in [0.4, 0.5) is 11.5 Å². The van der Waals surface area contributed by atoms with Crippen molar-refractivity contribution < 1.29 is 14.7 Å². The standard InChI is InChI=1S/C15H19N3O3/c1-18(2)13-12(8-5-9-16-13)17-14(19)10-6-3-4-7-11(10)15(20)21/h3-5,8-11H,6-7H2,1-2H3,(H,17,19)(H,20,21)/t10-,11+/m1/s1. The largest absolute Gasteiger partial charge is 0.481 e. The van der Waals surface area contributed by atoms with Crippen LogP contribution < -0.4 is 10.2 Å². The van der Waals surface area contributed by atoms with Crippen molar-refractivity contribution in [1.82, 2.24) is 4.98 Å². The molecule has 0 radical (unpaired) electrons. The summed E-state index contributed by atoms with van der Waals surface area (Å²) < 4.78 is 0. The molecule has 2 atom stereocenters. The van der Waals surface area contributed by atoms with Crippen molar-refractivity contribution in [2.24, 2.45) is 11.8 Å². The molecule has 0 unspecified atom stereocenters. The first-order valence-corrected chi connectivity index (χ1v) is 6.81. The minimum absolute atomic E-state index is 0.275. The van der Waals surface area contributed by atoms with Gasteiger partial charge in [-0.25, -0.2) is 4.98 Å². The fraction of sp³-hybridized carbons (Fsp3) is 0.400. The molecule has 0 saturated heterocycles. The summed E-state index contributed by atoms with van der Waals surface area (Å²) in [5.41, 5.74) is 0.589. The van der Waals surface area contributed by atoms with E-state index in [-0.39, 0.29) is 5.91 Å². The van der Waals surface area contributed by atoms with Crippen molar-refractivity contribution in [3.05, 3.63) is 30.5 Å². The summed E-state index contributed by atoms with van der Waals surface area (Å²) in [6.07, 6.45) is 6.16. The molecule has 1 heterocycles. The van der Waals surface area contributed by atoms with Gasteiger partial charge in [-0.2, -0.15) is 0 Å². The predicted molar refractivity (Wildman–Crippen MR) is 80.2 cm³/mol. The van der Waals surface area contributed by atoms with Crippen LogP contribution in [0.3, 0.4) is 0 Å². The molecule has 21 heavy (non-hydrogen) atoms. The summed E-state index contributed by atoms with van der Waals surface area (Å²) >= 11 is 0. The summed E-state index contributed by atoms with van der Waals surface area (Å²) in [4.78, 5) is 29.7. The van der Waals surface area contributed by atoms with E-state index < -0.39 is 17.8 Å². The molecule has 1 aliphatic carbocycles. The minimum Gasteiger partial charge on any atom is -0.481 e. The van der Waals surface area contributed by atoms with E-state index in [0.717, 1.165) is 0 Å². The molecule has 0 fully saturated rings. The summed E-state index contributed by atoms with van der Waals surface area (Å²) in [5, 5.41) is 12.0. The third-order valence-electron chi connectivity index (χ3n) is 3.55. The van der Waals surface area contributed by atoms with E-state index in [1.54, 1.807) is 23.2 Å². The van der Waals surface area contributed by atoms with Gasteiger partial charge in [0, 0.05) is 20.3 Å². The Labute approximate surface area is 123 Å². The van der Waals surface area contributed by atoms with Crippen LogP contribution >= 0.6 is 0 Å². The van der Waals surface area contributed by atoms with Gasteiger partial charge in [0.15, 0.2) is 5.82 Å². The Morgan fingerprint density at radius 2 is 1.95 bits per heavy atom. The molecule has 0 aromatic carbocycles. The van der Waals surface area contributed by atoms with Gasteiger partial charge in [0.25, 0.3) is 0 Å². The fourth-order valence-electron chi connectivity index (χ4n) is 2.45. The smallest absolute Gasteiger partial charge is 0.307 e. The van der Waals surface area contributed by atoms with Crippen LogP contribution in [-0.4, -0.2) is 36.1 Å². The van der Waals surface area contributed by atoms with Gasteiger partial charge in [0.2, 0.25) is 5.91 Å². The highest BCUT2D eigenvalue weighted by atomic mass is 16.4. The molecular formula is C15H19N3O3. The van der Waals surface area contributed by atoms with Crippen molar-refractivity contribution in [2.75, 3.05) is 24.3 Å². The number of hydrogen-bond donors (Lipinski definition) is 2. The molecule has 0 bridgehead atoms. The average molecular weight is 289 g/mol. The van der Waals surface area contributed by atoms with Gasteiger partial charge >= 0.3 is 5.97 Å². The maximum absolute atomic E-state index is 12.4. The maximum atomic E-state index is 12.4. The number of carbonyl (C=O) groups excluding carboxylic acids is 1. The summed E-state index contributed by atoms with van der Waals surface area (Å²) in [6, 6.07) is 3.49. The van der Waals surface area contributed by atoms with Crippen LogP contribution in [0.2, 0.25) is 0 Å². The first-order chi connectivity index (χ1) is 10.0. The number of carbonyl (C=O) groups is 2. The van der Waals surface area contributed by atoms with Gasteiger partial charge in [-0.15, -0.1) is 0 Å². The van der Waals surface area contributed by atoms with Gasteiger partial charge in [-0.1, -0.05) is 12.2 Å². The topological polar surface area (TPSA) is 82.5 Å². The molecule has 2 rings (SSSR count). The van der Waals surface area contributed by atoms with Crippen molar-refractivity contribution >= 4 is 23.4 Å². The number of aliphatic carboxylic acids is 1. The number of anilines is 2. The van der Waals surface area contributed by atoms with Gasteiger partial charge in [0.1, 0.15) is 0 Å². The van der Waals surface area contributed by atoms with Crippen LogP contribution in [0.25, 0.3) is 0 Å². The van der Waals surface area contributed by atoms with E-state index in [9.17, 15) is 14.7 Å². The van der Waals surface area contributed by atoms with E-state index in [2.05, 4.69) is 10.3 Å². The van der Waals surface area contributed by atoms with Crippen molar-refractivity contribution in [2.45, 2.75) is 12.8 Å². The number of hydrogen-bond acceptors (Lipinski definition) is 4. The molecular weight excluding hydrogens is 270 g/mol. The van der Waals surface area contributed by atoms with Crippen molar-refractivity contribution in [3.63, 3.8) is 0 Å². The van der Waals surface area contributed by atoms with Gasteiger partial charge < -0.3 is 15.3 Å². The molecule has 6 nitrogen and oxygen atoms in total. The molecule has 1 amide bonds. The first kappa shape index (κ1) is 15.0. The monoisotopic (exact) mass is 289 g/mol. The summed E-state index contributed by atoms with van der Waals surface area (Å²) in [7, 11) is 3.67. The third-order valence-corrected chi connectivity index (χ3v) is 3.55. The molecule has 0 saturated carbocycles. The van der Waals surface area contributed by atoms with E-state index in [4.69, 9.17) is 0 Å².